The molecule has 2 atom stereocenters. The van der Waals surface area contributed by atoms with Crippen LogP contribution in [0.25, 0.3) is 0 Å². The summed E-state index contributed by atoms with van der Waals surface area (Å²) in [7, 11) is 0. The SMILES string of the molecule is O=C(O)CC1COc2cc(O[C@@H]3CCc4c(Oc5ccc(N6CCCC6=O)cc5)ccc(F)c43)ccc21. The van der Waals surface area contributed by atoms with Crippen molar-refractivity contribution in [3.63, 3.8) is 0 Å². The average Bonchev–Trinajstić information content (AvgIpc) is 3.61. The Morgan fingerprint density at radius 3 is 2.65 bits per heavy atom. The number of aliphatic carboxylic acids is 1. The van der Waals surface area contributed by atoms with Crippen molar-refractivity contribution in [2.45, 2.75) is 44.1 Å². The second kappa shape index (κ2) is 9.42. The zero-order valence-corrected chi connectivity index (χ0v) is 20.1. The van der Waals surface area contributed by atoms with Crippen LogP contribution < -0.4 is 19.1 Å². The van der Waals surface area contributed by atoms with Crippen molar-refractivity contribution in [2.24, 2.45) is 0 Å². The van der Waals surface area contributed by atoms with E-state index in [1.54, 1.807) is 23.1 Å². The highest BCUT2D eigenvalue weighted by molar-refractivity contribution is 5.95. The standard InChI is InChI=1S/C29H26FNO6/c30-23-10-12-24(36-19-5-3-18(4-6-19)31-13-1-2-27(31)32)22-9-11-25(29(22)23)37-20-7-8-21-17(14-28(33)34)16-35-26(21)15-20/h3-8,10,12,15,17,25H,1-2,9,11,13-14,16H2,(H,33,34)/t17?,25-/m1/s1. The molecule has 6 rings (SSSR count). The van der Waals surface area contributed by atoms with E-state index in [-0.39, 0.29) is 24.1 Å². The summed E-state index contributed by atoms with van der Waals surface area (Å²) in [5.41, 5.74) is 2.97. The summed E-state index contributed by atoms with van der Waals surface area (Å²) >= 11 is 0. The Morgan fingerprint density at radius 2 is 1.89 bits per heavy atom. The fraction of sp³-hybridized carbons (Fsp3) is 0.310. The third kappa shape index (κ3) is 4.48. The lowest BCUT2D eigenvalue weighted by Crippen LogP contribution is -2.23. The van der Waals surface area contributed by atoms with Gasteiger partial charge in [-0.3, -0.25) is 9.59 Å². The lowest BCUT2D eigenvalue weighted by atomic mass is 9.98. The topological polar surface area (TPSA) is 85.3 Å². The van der Waals surface area contributed by atoms with Crippen molar-refractivity contribution in [2.75, 3.05) is 18.1 Å². The number of carboxylic acid groups (broad SMARTS) is 1. The summed E-state index contributed by atoms with van der Waals surface area (Å²) in [4.78, 5) is 24.9. The summed E-state index contributed by atoms with van der Waals surface area (Å²) in [6, 6.07) is 15.8. The Labute approximate surface area is 213 Å². The highest BCUT2D eigenvalue weighted by Gasteiger charge is 2.32. The lowest BCUT2D eigenvalue weighted by molar-refractivity contribution is -0.137. The van der Waals surface area contributed by atoms with Crippen molar-refractivity contribution < 1.29 is 33.3 Å². The largest absolute Gasteiger partial charge is 0.492 e. The summed E-state index contributed by atoms with van der Waals surface area (Å²) in [6.45, 7) is 1.05. The Hall–Kier alpha value is -4.07. The number of halogens is 1. The Kier molecular flexibility index (Phi) is 5.94. The van der Waals surface area contributed by atoms with E-state index in [4.69, 9.17) is 19.3 Å². The van der Waals surface area contributed by atoms with Gasteiger partial charge in [-0.1, -0.05) is 6.07 Å². The third-order valence-electron chi connectivity index (χ3n) is 7.25. The normalized spacial score (nSPS) is 19.9. The fourth-order valence-electron chi connectivity index (χ4n) is 5.47. The Bertz CT molecular complexity index is 1370. The number of anilines is 1. The second-order valence-corrected chi connectivity index (χ2v) is 9.63. The van der Waals surface area contributed by atoms with Gasteiger partial charge >= 0.3 is 5.97 Å². The minimum atomic E-state index is -0.865. The van der Waals surface area contributed by atoms with Crippen LogP contribution in [0.2, 0.25) is 0 Å². The van der Waals surface area contributed by atoms with Gasteiger partial charge in [-0.05, 0) is 61.7 Å². The molecule has 2 aliphatic heterocycles. The van der Waals surface area contributed by atoms with Crippen LogP contribution in [-0.4, -0.2) is 30.1 Å². The molecular formula is C29H26FNO6. The van der Waals surface area contributed by atoms with Gasteiger partial charge in [-0.2, -0.15) is 0 Å². The molecule has 3 aromatic carbocycles. The smallest absolute Gasteiger partial charge is 0.304 e. The van der Waals surface area contributed by atoms with Crippen LogP contribution in [-0.2, 0) is 16.0 Å². The first-order chi connectivity index (χ1) is 18.0. The number of carboxylic acids is 1. The summed E-state index contributed by atoms with van der Waals surface area (Å²) in [5, 5.41) is 9.10. The molecule has 1 N–H and O–H groups in total. The maximum atomic E-state index is 15.0. The Balaban J connectivity index is 1.19. The van der Waals surface area contributed by atoms with Gasteiger partial charge in [0.25, 0.3) is 0 Å². The molecule has 1 saturated heterocycles. The molecule has 37 heavy (non-hydrogen) atoms. The molecule has 1 amide bonds. The lowest BCUT2D eigenvalue weighted by Gasteiger charge is -2.18. The molecule has 1 unspecified atom stereocenters. The van der Waals surface area contributed by atoms with Crippen LogP contribution in [0.5, 0.6) is 23.0 Å². The molecule has 0 aromatic heterocycles. The summed E-state index contributed by atoms with van der Waals surface area (Å²) in [5.74, 6) is 1.09. The summed E-state index contributed by atoms with van der Waals surface area (Å²) < 4.78 is 33.0. The second-order valence-electron chi connectivity index (χ2n) is 9.63. The number of hydrogen-bond acceptors (Lipinski definition) is 5. The van der Waals surface area contributed by atoms with Crippen LogP contribution in [0, 0.1) is 5.82 Å². The number of nitrogens with zero attached hydrogens (tertiary/aromatic N) is 1. The molecule has 3 aliphatic rings. The Morgan fingerprint density at radius 1 is 1.08 bits per heavy atom. The number of fused-ring (bicyclic) bond motifs is 2. The molecule has 190 valence electrons. The van der Waals surface area contributed by atoms with Gasteiger partial charge in [0.1, 0.15) is 34.9 Å². The quantitative estimate of drug-likeness (QED) is 0.441. The number of hydrogen-bond donors (Lipinski definition) is 1. The molecule has 3 aromatic rings. The zero-order valence-electron chi connectivity index (χ0n) is 20.1. The zero-order chi connectivity index (χ0) is 25.5. The van der Waals surface area contributed by atoms with Crippen molar-refractivity contribution in [1.82, 2.24) is 0 Å². The van der Waals surface area contributed by atoms with Gasteiger partial charge in [0, 0.05) is 47.3 Å². The van der Waals surface area contributed by atoms with E-state index in [1.165, 1.54) is 6.07 Å². The number of rotatable bonds is 7. The maximum Gasteiger partial charge on any atom is 0.304 e. The first-order valence-electron chi connectivity index (χ1n) is 12.5. The van der Waals surface area contributed by atoms with Gasteiger partial charge in [0.15, 0.2) is 0 Å². The molecular weight excluding hydrogens is 477 g/mol. The van der Waals surface area contributed by atoms with Crippen molar-refractivity contribution in [3.05, 3.63) is 77.1 Å². The van der Waals surface area contributed by atoms with Crippen molar-refractivity contribution >= 4 is 17.6 Å². The van der Waals surface area contributed by atoms with Crippen LogP contribution >= 0.6 is 0 Å². The van der Waals surface area contributed by atoms with E-state index in [2.05, 4.69) is 0 Å². The maximum absolute atomic E-state index is 15.0. The first-order valence-corrected chi connectivity index (χ1v) is 12.5. The van der Waals surface area contributed by atoms with Gasteiger partial charge in [-0.15, -0.1) is 0 Å². The van der Waals surface area contributed by atoms with E-state index < -0.39 is 12.1 Å². The average molecular weight is 504 g/mol. The molecule has 0 radical (unpaired) electrons. The van der Waals surface area contributed by atoms with E-state index in [9.17, 15) is 14.0 Å². The molecule has 0 spiro atoms. The monoisotopic (exact) mass is 503 g/mol. The number of benzene rings is 3. The van der Waals surface area contributed by atoms with E-state index >= 15 is 0 Å². The minimum Gasteiger partial charge on any atom is -0.492 e. The first kappa shape index (κ1) is 23.3. The molecule has 0 bridgehead atoms. The predicted octanol–water partition coefficient (Wildman–Crippen LogP) is 5.76. The molecule has 1 aliphatic carbocycles. The third-order valence-corrected chi connectivity index (χ3v) is 7.25. The highest BCUT2D eigenvalue weighted by Crippen LogP contribution is 2.44. The van der Waals surface area contributed by atoms with Crippen molar-refractivity contribution in [1.29, 1.82) is 0 Å². The van der Waals surface area contributed by atoms with Gasteiger partial charge in [0.05, 0.1) is 13.0 Å². The van der Waals surface area contributed by atoms with Crippen LogP contribution in [0.4, 0.5) is 10.1 Å². The number of ether oxygens (including phenoxy) is 3. The number of amides is 1. The highest BCUT2D eigenvalue weighted by atomic mass is 19.1. The minimum absolute atomic E-state index is 0.0102. The van der Waals surface area contributed by atoms with E-state index in [0.717, 1.165) is 29.8 Å². The molecule has 8 heteroatoms. The van der Waals surface area contributed by atoms with Crippen LogP contribution in [0.3, 0.4) is 0 Å². The molecule has 0 saturated carbocycles. The van der Waals surface area contributed by atoms with E-state index in [1.807, 2.05) is 30.3 Å². The molecule has 7 nitrogen and oxygen atoms in total. The van der Waals surface area contributed by atoms with Gasteiger partial charge < -0.3 is 24.2 Å². The van der Waals surface area contributed by atoms with Gasteiger partial charge in [-0.25, -0.2) is 4.39 Å². The number of carbonyl (C=O) groups excluding carboxylic acids is 1. The van der Waals surface area contributed by atoms with Gasteiger partial charge in [0.2, 0.25) is 5.91 Å². The predicted molar refractivity (Wildman–Crippen MR) is 133 cm³/mol. The van der Waals surface area contributed by atoms with Crippen LogP contribution in [0.15, 0.2) is 54.6 Å². The number of carbonyl (C=O) groups is 2. The van der Waals surface area contributed by atoms with Crippen LogP contribution in [0.1, 0.15) is 54.4 Å². The summed E-state index contributed by atoms with van der Waals surface area (Å²) in [6.07, 6.45) is 2.18. The molecule has 1 fully saturated rings. The fourth-order valence-corrected chi connectivity index (χ4v) is 5.47. The molecule has 2 heterocycles. The van der Waals surface area contributed by atoms with E-state index in [0.29, 0.717) is 54.4 Å². The van der Waals surface area contributed by atoms with Crippen molar-refractivity contribution in [3.8, 4) is 23.0 Å².